The van der Waals surface area contributed by atoms with Gasteiger partial charge < -0.3 is 15.2 Å². The summed E-state index contributed by atoms with van der Waals surface area (Å²) in [5.41, 5.74) is -0.476. The lowest BCUT2D eigenvalue weighted by atomic mass is 9.74. The van der Waals surface area contributed by atoms with E-state index in [0.717, 1.165) is 19.3 Å². The van der Waals surface area contributed by atoms with Crippen LogP contribution in [-0.2, 0) is 14.3 Å². The highest BCUT2D eigenvalue weighted by molar-refractivity contribution is 5.78. The van der Waals surface area contributed by atoms with E-state index in [0.29, 0.717) is 19.4 Å². The summed E-state index contributed by atoms with van der Waals surface area (Å²) in [6, 6.07) is 0. The highest BCUT2D eigenvalue weighted by Gasteiger charge is 2.40. The Morgan fingerprint density at radius 1 is 1.44 bits per heavy atom. The van der Waals surface area contributed by atoms with Gasteiger partial charge in [-0.2, -0.15) is 0 Å². The van der Waals surface area contributed by atoms with Crippen LogP contribution in [0.2, 0.25) is 0 Å². The molecule has 92 valence electrons. The number of hydrogen-bond donors (Lipinski definition) is 2. The van der Waals surface area contributed by atoms with Gasteiger partial charge in [-0.25, -0.2) is 0 Å². The molecule has 0 atom stereocenters. The predicted molar refractivity (Wildman–Crippen MR) is 58.1 cm³/mol. The van der Waals surface area contributed by atoms with E-state index in [4.69, 9.17) is 9.84 Å². The third-order valence-electron chi connectivity index (χ3n) is 2.96. The second-order valence-electron chi connectivity index (χ2n) is 4.35. The van der Waals surface area contributed by atoms with E-state index < -0.39 is 11.5 Å². The Morgan fingerprint density at radius 3 is 2.56 bits per heavy atom. The lowest BCUT2D eigenvalue weighted by Gasteiger charge is -2.41. The molecular weight excluding hydrogens is 210 g/mol. The predicted octanol–water partition coefficient (Wildman–Crippen LogP) is 0.927. The van der Waals surface area contributed by atoms with Crippen LogP contribution in [0.3, 0.4) is 0 Å². The molecule has 0 aromatic heterocycles. The van der Waals surface area contributed by atoms with Crippen molar-refractivity contribution >= 4 is 11.9 Å². The second-order valence-corrected chi connectivity index (χ2v) is 4.35. The fraction of sp³-hybridized carbons (Fsp3) is 0.818. The Hall–Kier alpha value is -1.10. The summed E-state index contributed by atoms with van der Waals surface area (Å²) >= 11 is 0. The summed E-state index contributed by atoms with van der Waals surface area (Å²) in [7, 11) is 1.59. The standard InChI is InChI=1S/C11H19NO4/c1-16-7-2-4-9(13)12-11(5-3-6-11)8-10(14)15/h2-8H2,1H3,(H,12,13)(H,14,15). The quantitative estimate of drug-likeness (QED) is 0.637. The van der Waals surface area contributed by atoms with Gasteiger partial charge in [-0.15, -0.1) is 0 Å². The van der Waals surface area contributed by atoms with Crippen LogP contribution in [0, 0.1) is 0 Å². The van der Waals surface area contributed by atoms with Crippen molar-refractivity contribution in [2.24, 2.45) is 0 Å². The summed E-state index contributed by atoms with van der Waals surface area (Å²) in [6.07, 6.45) is 3.64. The Bertz CT molecular complexity index is 261. The molecule has 16 heavy (non-hydrogen) atoms. The number of nitrogens with one attached hydrogen (secondary N) is 1. The summed E-state index contributed by atoms with van der Waals surface area (Å²) < 4.78 is 4.85. The van der Waals surface area contributed by atoms with E-state index in [1.807, 2.05) is 0 Å². The molecule has 2 N–H and O–H groups in total. The normalized spacial score (nSPS) is 17.6. The summed E-state index contributed by atoms with van der Waals surface area (Å²) in [4.78, 5) is 22.2. The molecular formula is C11H19NO4. The van der Waals surface area contributed by atoms with Crippen molar-refractivity contribution < 1.29 is 19.4 Å². The van der Waals surface area contributed by atoms with Crippen molar-refractivity contribution in [2.45, 2.75) is 44.1 Å². The Morgan fingerprint density at radius 2 is 2.12 bits per heavy atom. The maximum atomic E-state index is 11.5. The molecule has 0 spiro atoms. The molecule has 0 heterocycles. The molecule has 0 aromatic rings. The maximum absolute atomic E-state index is 11.5. The number of aliphatic carboxylic acids is 1. The van der Waals surface area contributed by atoms with Gasteiger partial charge in [0.1, 0.15) is 0 Å². The van der Waals surface area contributed by atoms with Crippen LogP contribution in [0.15, 0.2) is 0 Å². The number of carbonyl (C=O) groups is 2. The zero-order valence-electron chi connectivity index (χ0n) is 9.62. The van der Waals surface area contributed by atoms with E-state index in [-0.39, 0.29) is 12.3 Å². The van der Waals surface area contributed by atoms with Gasteiger partial charge in [-0.1, -0.05) is 0 Å². The lowest BCUT2D eigenvalue weighted by molar-refractivity contribution is -0.140. The first kappa shape index (κ1) is 13.0. The fourth-order valence-corrected chi connectivity index (χ4v) is 1.97. The number of hydrogen-bond acceptors (Lipinski definition) is 3. The molecule has 0 bridgehead atoms. The smallest absolute Gasteiger partial charge is 0.305 e. The number of carboxylic acid groups (broad SMARTS) is 1. The van der Waals surface area contributed by atoms with Gasteiger partial charge in [0.2, 0.25) is 5.91 Å². The molecule has 1 saturated carbocycles. The van der Waals surface area contributed by atoms with Crippen LogP contribution >= 0.6 is 0 Å². The first-order chi connectivity index (χ1) is 7.58. The van der Waals surface area contributed by atoms with E-state index in [2.05, 4.69) is 5.32 Å². The van der Waals surface area contributed by atoms with Crippen LogP contribution in [0.1, 0.15) is 38.5 Å². The Balaban J connectivity index is 2.32. The molecule has 1 aliphatic carbocycles. The van der Waals surface area contributed by atoms with Crippen LogP contribution in [0.4, 0.5) is 0 Å². The number of methoxy groups -OCH3 is 1. The van der Waals surface area contributed by atoms with Crippen molar-refractivity contribution in [2.75, 3.05) is 13.7 Å². The average Bonchev–Trinajstić information content (AvgIpc) is 2.14. The molecule has 5 nitrogen and oxygen atoms in total. The number of carboxylic acids is 1. The fourth-order valence-electron chi connectivity index (χ4n) is 1.97. The molecule has 1 amide bonds. The van der Waals surface area contributed by atoms with Gasteiger partial charge in [-0.3, -0.25) is 9.59 Å². The van der Waals surface area contributed by atoms with E-state index >= 15 is 0 Å². The SMILES string of the molecule is COCCCC(=O)NC1(CC(=O)O)CCC1. The topological polar surface area (TPSA) is 75.6 Å². The van der Waals surface area contributed by atoms with E-state index in [1.54, 1.807) is 7.11 Å². The van der Waals surface area contributed by atoms with Gasteiger partial charge in [0.25, 0.3) is 0 Å². The molecule has 0 unspecified atom stereocenters. The minimum absolute atomic E-state index is 0.0308. The van der Waals surface area contributed by atoms with Gasteiger partial charge in [-0.05, 0) is 25.7 Å². The maximum Gasteiger partial charge on any atom is 0.305 e. The average molecular weight is 229 g/mol. The van der Waals surface area contributed by atoms with Crippen molar-refractivity contribution in [3.05, 3.63) is 0 Å². The first-order valence-electron chi connectivity index (χ1n) is 5.60. The van der Waals surface area contributed by atoms with Crippen LogP contribution in [-0.4, -0.2) is 36.2 Å². The first-order valence-corrected chi connectivity index (χ1v) is 5.60. The molecule has 0 radical (unpaired) electrons. The van der Waals surface area contributed by atoms with E-state index in [9.17, 15) is 9.59 Å². The van der Waals surface area contributed by atoms with Gasteiger partial charge >= 0.3 is 5.97 Å². The van der Waals surface area contributed by atoms with E-state index in [1.165, 1.54) is 0 Å². The summed E-state index contributed by atoms with van der Waals surface area (Å²) in [5, 5.41) is 11.6. The summed E-state index contributed by atoms with van der Waals surface area (Å²) in [5.74, 6) is -0.921. The number of ether oxygens (including phenoxy) is 1. The molecule has 0 aromatic carbocycles. The molecule has 0 saturated heterocycles. The third-order valence-corrected chi connectivity index (χ3v) is 2.96. The summed E-state index contributed by atoms with van der Waals surface area (Å²) in [6.45, 7) is 0.555. The monoisotopic (exact) mass is 229 g/mol. The molecule has 1 aliphatic rings. The van der Waals surface area contributed by atoms with Crippen molar-refractivity contribution in [1.29, 1.82) is 0 Å². The van der Waals surface area contributed by atoms with Crippen LogP contribution in [0.5, 0.6) is 0 Å². The molecule has 5 heteroatoms. The number of rotatable bonds is 7. The van der Waals surface area contributed by atoms with Crippen molar-refractivity contribution in [3.8, 4) is 0 Å². The number of carbonyl (C=O) groups excluding carboxylic acids is 1. The minimum Gasteiger partial charge on any atom is -0.481 e. The lowest BCUT2D eigenvalue weighted by Crippen LogP contribution is -2.54. The zero-order chi connectivity index (χ0) is 12.0. The minimum atomic E-state index is -0.850. The molecule has 1 fully saturated rings. The second kappa shape index (κ2) is 5.84. The van der Waals surface area contributed by atoms with Gasteiger partial charge in [0.15, 0.2) is 0 Å². The molecule has 1 rings (SSSR count). The largest absolute Gasteiger partial charge is 0.481 e. The third kappa shape index (κ3) is 3.81. The van der Waals surface area contributed by atoms with Gasteiger partial charge in [0.05, 0.1) is 12.0 Å². The highest BCUT2D eigenvalue weighted by atomic mass is 16.5. The van der Waals surface area contributed by atoms with Crippen LogP contribution in [0.25, 0.3) is 0 Å². The van der Waals surface area contributed by atoms with Crippen molar-refractivity contribution in [1.82, 2.24) is 5.32 Å². The van der Waals surface area contributed by atoms with Crippen LogP contribution < -0.4 is 5.32 Å². The number of amides is 1. The van der Waals surface area contributed by atoms with Crippen molar-refractivity contribution in [3.63, 3.8) is 0 Å². The Kier molecular flexibility index (Phi) is 4.73. The zero-order valence-corrected chi connectivity index (χ0v) is 9.62. The molecule has 0 aliphatic heterocycles. The van der Waals surface area contributed by atoms with Gasteiger partial charge in [0, 0.05) is 20.1 Å². The Labute approximate surface area is 95.2 Å². The highest BCUT2D eigenvalue weighted by Crippen LogP contribution is 2.34.